The summed E-state index contributed by atoms with van der Waals surface area (Å²) in [6, 6.07) is 44.7. The lowest BCUT2D eigenvalue weighted by Crippen LogP contribution is -2.28. The number of aromatic hydroxyl groups is 2. The Kier molecular flexibility index (Phi) is 13.7. The van der Waals surface area contributed by atoms with Gasteiger partial charge in [0.05, 0.1) is 0 Å². The van der Waals surface area contributed by atoms with Crippen LogP contribution in [0, 0.1) is 5.92 Å². The topological polar surface area (TPSA) is 76.5 Å². The Morgan fingerprint density at radius 3 is 1.43 bits per heavy atom. The van der Waals surface area contributed by atoms with Crippen molar-refractivity contribution in [2.45, 2.75) is 39.0 Å². The van der Waals surface area contributed by atoms with E-state index in [0.29, 0.717) is 5.92 Å². The van der Waals surface area contributed by atoms with E-state index in [1.807, 2.05) is 66.8 Å². The van der Waals surface area contributed by atoms with Crippen molar-refractivity contribution in [2.75, 3.05) is 0 Å². The minimum absolute atomic E-state index is 0.271. The van der Waals surface area contributed by atoms with Gasteiger partial charge in [-0.05, 0) is 89.9 Å². The Morgan fingerprint density at radius 1 is 0.522 bits per heavy atom. The zero-order chi connectivity index (χ0) is 47.7. The van der Waals surface area contributed by atoms with Crippen molar-refractivity contribution in [1.82, 2.24) is 0 Å². The molecule has 1 unspecified atom stereocenters. The summed E-state index contributed by atoms with van der Waals surface area (Å²) in [5, 5.41) is 25.1. The number of aromatic amines is 2. The highest BCUT2D eigenvalue weighted by Gasteiger charge is 2.16. The number of para-hydroxylation sites is 4. The third-order valence-corrected chi connectivity index (χ3v) is 16.1. The molecule has 11 rings (SSSR count). The second kappa shape index (κ2) is 21.4. The van der Waals surface area contributed by atoms with E-state index in [0.717, 1.165) is 61.2 Å². The second-order valence-corrected chi connectivity index (χ2v) is 20.8. The van der Waals surface area contributed by atoms with Crippen molar-refractivity contribution >= 4 is 135 Å². The van der Waals surface area contributed by atoms with Crippen LogP contribution in [0.4, 0.5) is 0 Å². The fraction of sp³-hybridized carbons (Fsp3) is 0.158. The first-order chi connectivity index (χ1) is 33.6. The summed E-state index contributed by atoms with van der Waals surface area (Å²) >= 11 is 6.94. The average molecular weight is 958 g/mol. The molecule has 10 aromatic rings. The molecule has 6 aromatic carbocycles. The summed E-state index contributed by atoms with van der Waals surface area (Å²) in [6.45, 7) is -0.565. The highest BCUT2D eigenvalue weighted by molar-refractivity contribution is 7.19. The van der Waals surface area contributed by atoms with Gasteiger partial charge in [0.2, 0.25) is 22.1 Å². The second-order valence-electron chi connectivity index (χ2n) is 16.5. The molecule has 1 atom stereocenters. The van der Waals surface area contributed by atoms with E-state index in [1.54, 1.807) is 57.5 Å². The number of fused-ring (bicyclic) bond motifs is 4. The first-order valence-corrected chi connectivity index (χ1v) is 25.7. The number of phenolic OH excluding ortho intramolecular Hbond substituents is 2. The van der Waals surface area contributed by atoms with Crippen LogP contribution < -0.4 is 19.1 Å². The van der Waals surface area contributed by atoms with Crippen LogP contribution in [0.5, 0.6) is 11.5 Å². The Labute approximate surface area is 410 Å². The average Bonchev–Trinajstić information content (AvgIpc) is 4.16. The van der Waals surface area contributed by atoms with Gasteiger partial charge in [-0.15, -0.1) is 0 Å². The molecule has 67 heavy (non-hydrogen) atoms. The third kappa shape index (κ3) is 11.4. The lowest BCUT2D eigenvalue weighted by atomic mass is 9.91. The molecule has 4 aromatic heterocycles. The summed E-state index contributed by atoms with van der Waals surface area (Å²) in [4.78, 5) is 6.81. The number of hydrogen-bond acceptors (Lipinski definition) is 6. The van der Waals surface area contributed by atoms with E-state index < -0.39 is 6.88 Å². The number of phenols is 2. The Bertz CT molecular complexity index is 3440. The van der Waals surface area contributed by atoms with Gasteiger partial charge in [-0.3, -0.25) is 0 Å². The van der Waals surface area contributed by atoms with Crippen LogP contribution in [0.15, 0.2) is 133 Å². The van der Waals surface area contributed by atoms with Gasteiger partial charge >= 0.3 is 0 Å². The molecule has 334 valence electrons. The molecule has 0 amide bonds. The van der Waals surface area contributed by atoms with Gasteiger partial charge < -0.3 is 10.2 Å². The summed E-state index contributed by atoms with van der Waals surface area (Å²) in [5.41, 5.74) is 8.40. The van der Waals surface area contributed by atoms with Crippen LogP contribution >= 0.6 is 45.3 Å². The van der Waals surface area contributed by atoms with Gasteiger partial charge in [-0.1, -0.05) is 145 Å². The fourth-order valence-corrected chi connectivity index (χ4v) is 11.9. The fourth-order valence-electron chi connectivity index (χ4n) is 7.98. The Balaban J connectivity index is 0.000000146. The van der Waals surface area contributed by atoms with Gasteiger partial charge in [0.25, 0.3) is 20.0 Å². The standard InChI is InChI=1S/C26H21N2OS2.C24H16N2OS2.C7H14/c1-27-20-7-3-5-9-23(20)30-25(27)15-12-18-11-14-22(29)19(17-18)13-16-26-28(2)21-8-4-6-10-24(21)31-26;27-20-12-9-16(10-13-23-25-18-5-1-3-7-21(18)28-23)15-17(20)11-14-24-26-19-6-2-4-8-22(19)29-24;1-7-5-3-2-4-6-7/h3-17H,1-2H3;1-15,27H;7H,2-6H2,1H3/q+1;;/p+3/b;13-10+,14-11+;/i;;1TD. The lowest BCUT2D eigenvalue weighted by Gasteiger charge is -2.15. The summed E-state index contributed by atoms with van der Waals surface area (Å²) < 4.78 is 23.6. The summed E-state index contributed by atoms with van der Waals surface area (Å²) in [6.07, 6.45) is 22.4. The van der Waals surface area contributed by atoms with Crippen LogP contribution in [0.1, 0.15) is 84.0 Å². The molecule has 10 heteroatoms. The SMILES string of the molecule is C[n+]1c(/C=C/c2ccc(O)c(/C=C/c3sc4ccccc4[n+]3C)c2)sc2ccccc21.Oc1ccc(/C=C/c2[nH+]c3ccccc3s2)cc1/C=C/c1[nH+]c2ccccc2s1.[2H]C([3H])C1CCCCC1. The molecule has 1 fully saturated rings. The highest BCUT2D eigenvalue weighted by atomic mass is 32.1. The van der Waals surface area contributed by atoms with E-state index in [4.69, 9.17) is 2.74 Å². The summed E-state index contributed by atoms with van der Waals surface area (Å²) in [5.74, 6) is 0.941. The van der Waals surface area contributed by atoms with Crippen LogP contribution in [0.2, 0.25) is 0 Å². The van der Waals surface area contributed by atoms with E-state index in [9.17, 15) is 10.2 Å². The van der Waals surface area contributed by atoms with Gasteiger partial charge in [0.15, 0.2) is 0 Å². The molecule has 0 saturated heterocycles. The molecular weight excluding hydrogens is 901 g/mol. The van der Waals surface area contributed by atoms with Crippen molar-refractivity contribution < 1.29 is 32.1 Å². The normalized spacial score (nSPS) is 14.3. The Morgan fingerprint density at radius 2 is 0.955 bits per heavy atom. The largest absolute Gasteiger partial charge is 0.507 e. The van der Waals surface area contributed by atoms with E-state index >= 15 is 0 Å². The maximum absolute atomic E-state index is 10.4. The van der Waals surface area contributed by atoms with Crippen LogP contribution in [-0.4, -0.2) is 10.2 Å². The predicted molar refractivity (Wildman–Crippen MR) is 287 cm³/mol. The smallest absolute Gasteiger partial charge is 0.262 e. The first kappa shape index (κ1) is 43.0. The number of aryl methyl sites for hydroxylation is 2. The molecule has 6 nitrogen and oxygen atoms in total. The van der Waals surface area contributed by atoms with Crippen LogP contribution in [-0.2, 0) is 14.1 Å². The quantitative estimate of drug-likeness (QED) is 0.149. The number of nitrogens with one attached hydrogen (secondary N) is 2. The Hall–Kier alpha value is -6.56. The molecule has 0 bridgehead atoms. The van der Waals surface area contributed by atoms with Gasteiger partial charge in [-0.2, -0.15) is 19.1 Å². The number of aromatic nitrogens is 4. The molecule has 1 aliphatic rings. The zero-order valence-electron chi connectivity index (χ0n) is 39.4. The molecule has 1 aliphatic carbocycles. The van der Waals surface area contributed by atoms with E-state index in [-0.39, 0.29) is 11.5 Å². The minimum Gasteiger partial charge on any atom is -0.507 e. The number of rotatable bonds is 8. The van der Waals surface area contributed by atoms with Crippen molar-refractivity contribution in [3.8, 4) is 11.5 Å². The molecule has 0 radical (unpaired) electrons. The van der Waals surface area contributed by atoms with E-state index in [1.165, 1.54) is 54.1 Å². The lowest BCUT2D eigenvalue weighted by molar-refractivity contribution is -0.642. The number of thiazole rings is 4. The molecule has 0 spiro atoms. The zero-order valence-corrected chi connectivity index (χ0v) is 40.7. The van der Waals surface area contributed by atoms with Crippen molar-refractivity contribution in [3.05, 3.63) is 176 Å². The molecule has 4 heterocycles. The van der Waals surface area contributed by atoms with Crippen molar-refractivity contribution in [2.24, 2.45) is 20.0 Å². The minimum atomic E-state index is -0.565. The maximum atomic E-state index is 10.4. The van der Waals surface area contributed by atoms with Crippen LogP contribution in [0.25, 0.3) is 89.5 Å². The number of benzene rings is 6. The van der Waals surface area contributed by atoms with Crippen LogP contribution in [0.3, 0.4) is 0 Å². The number of H-pyrrole nitrogens is 2. The predicted octanol–water partition coefficient (Wildman–Crippen LogP) is 14.2. The summed E-state index contributed by atoms with van der Waals surface area (Å²) in [7, 11) is 4.16. The van der Waals surface area contributed by atoms with Crippen molar-refractivity contribution in [3.63, 3.8) is 0 Å². The molecule has 0 aliphatic heterocycles. The van der Waals surface area contributed by atoms with Crippen molar-refractivity contribution in [1.29, 1.82) is 0 Å². The molecular formula is C57H54N4O2S4+4. The van der Waals surface area contributed by atoms with Gasteiger partial charge in [-0.25, -0.2) is 0 Å². The monoisotopic (exact) mass is 957 g/mol. The number of nitrogens with zero attached hydrogens (tertiary/aromatic N) is 2. The molecule has 4 N–H and O–H groups in total. The highest BCUT2D eigenvalue weighted by Crippen LogP contribution is 2.28. The first-order valence-electron chi connectivity index (χ1n) is 23.6. The van der Waals surface area contributed by atoms with Gasteiger partial charge in [0, 0.05) is 62.4 Å². The third-order valence-electron chi connectivity index (χ3n) is 11.7. The van der Waals surface area contributed by atoms with E-state index in [2.05, 4.69) is 136 Å². The molecule has 1 saturated carbocycles. The van der Waals surface area contributed by atoms with Gasteiger partial charge in [0.1, 0.15) is 44.4 Å². The maximum Gasteiger partial charge on any atom is 0.262 e. The number of hydrogen-bond donors (Lipinski definition) is 2.